The Balaban J connectivity index is 1.86. The summed E-state index contributed by atoms with van der Waals surface area (Å²) in [5, 5.41) is 3.00. The van der Waals surface area contributed by atoms with Crippen molar-refractivity contribution in [2.24, 2.45) is 5.92 Å². The summed E-state index contributed by atoms with van der Waals surface area (Å²) in [6.07, 6.45) is 7.11. The van der Waals surface area contributed by atoms with Gasteiger partial charge in [0.2, 0.25) is 5.91 Å². The molecule has 1 amide bonds. The molecule has 1 saturated heterocycles. The van der Waals surface area contributed by atoms with E-state index in [0.29, 0.717) is 5.92 Å². The first-order valence-corrected chi connectivity index (χ1v) is 5.36. The van der Waals surface area contributed by atoms with E-state index in [1.165, 1.54) is 12.8 Å². The second kappa shape index (κ2) is 4.13. The van der Waals surface area contributed by atoms with Gasteiger partial charge in [0, 0.05) is 6.61 Å². The summed E-state index contributed by atoms with van der Waals surface area (Å²) < 4.78 is 5.63. The van der Waals surface area contributed by atoms with Gasteiger partial charge in [0.15, 0.2) is 0 Å². The molecule has 0 bridgehead atoms. The quantitative estimate of drug-likeness (QED) is 0.688. The van der Waals surface area contributed by atoms with Crippen molar-refractivity contribution in [3.8, 4) is 0 Å². The van der Waals surface area contributed by atoms with Gasteiger partial charge in [-0.15, -0.1) is 0 Å². The number of allylic oxidation sites excluding steroid dienone is 1. The van der Waals surface area contributed by atoms with Gasteiger partial charge in [-0.05, 0) is 38.2 Å². The molecular formula is C11H17NO2. The summed E-state index contributed by atoms with van der Waals surface area (Å²) in [6, 6.07) is 0.242. The lowest BCUT2D eigenvalue weighted by Crippen LogP contribution is -2.40. The summed E-state index contributed by atoms with van der Waals surface area (Å²) in [6.45, 7) is 2.64. The second-order valence-corrected chi connectivity index (χ2v) is 4.08. The Kier molecular flexibility index (Phi) is 2.87. The number of ether oxygens (including phenoxy) is 1. The van der Waals surface area contributed by atoms with Gasteiger partial charge >= 0.3 is 0 Å². The number of nitrogens with one attached hydrogen (secondary N) is 1. The van der Waals surface area contributed by atoms with Gasteiger partial charge < -0.3 is 10.1 Å². The largest absolute Gasteiger partial charge is 0.376 e. The van der Waals surface area contributed by atoms with Crippen molar-refractivity contribution in [3.63, 3.8) is 0 Å². The molecule has 2 aliphatic rings. The van der Waals surface area contributed by atoms with Crippen LogP contribution in [-0.2, 0) is 9.53 Å². The van der Waals surface area contributed by atoms with E-state index < -0.39 is 0 Å². The molecule has 0 radical (unpaired) electrons. The highest BCUT2D eigenvalue weighted by molar-refractivity contribution is 5.87. The summed E-state index contributed by atoms with van der Waals surface area (Å²) >= 11 is 0. The Bertz CT molecular complexity index is 246. The number of amides is 1. The molecule has 1 saturated carbocycles. The van der Waals surface area contributed by atoms with E-state index in [-0.39, 0.29) is 18.1 Å². The van der Waals surface area contributed by atoms with E-state index in [1.54, 1.807) is 12.2 Å². The molecule has 0 aromatic carbocycles. The standard InChI is InChI=1S/C11H17NO2/c1-2-3-10(13)12-9-6-7-14-11(9)8-4-5-8/h2-3,8-9,11H,4-7H2,1H3,(H,12,13)/b3-2+. The zero-order chi connectivity index (χ0) is 9.97. The van der Waals surface area contributed by atoms with Crippen LogP contribution in [0.5, 0.6) is 0 Å². The maximum absolute atomic E-state index is 11.3. The third kappa shape index (κ3) is 2.15. The van der Waals surface area contributed by atoms with Gasteiger partial charge in [-0.25, -0.2) is 0 Å². The van der Waals surface area contributed by atoms with E-state index in [4.69, 9.17) is 4.74 Å². The van der Waals surface area contributed by atoms with Crippen LogP contribution in [0.3, 0.4) is 0 Å². The van der Waals surface area contributed by atoms with Crippen molar-refractivity contribution < 1.29 is 9.53 Å². The van der Waals surface area contributed by atoms with Gasteiger partial charge in [0.05, 0.1) is 12.1 Å². The first-order chi connectivity index (χ1) is 6.81. The number of rotatable bonds is 3. The summed E-state index contributed by atoms with van der Waals surface area (Å²) in [5.41, 5.74) is 0. The van der Waals surface area contributed by atoms with Crippen molar-refractivity contribution in [2.75, 3.05) is 6.61 Å². The van der Waals surface area contributed by atoms with Crippen molar-refractivity contribution in [2.45, 2.75) is 38.3 Å². The molecule has 2 atom stereocenters. The molecule has 1 aliphatic carbocycles. The maximum atomic E-state index is 11.3. The summed E-state index contributed by atoms with van der Waals surface area (Å²) in [4.78, 5) is 11.3. The Morgan fingerprint density at radius 1 is 1.43 bits per heavy atom. The average molecular weight is 195 g/mol. The van der Waals surface area contributed by atoms with E-state index >= 15 is 0 Å². The lowest BCUT2D eigenvalue weighted by atomic mass is 10.1. The number of carbonyl (C=O) groups is 1. The van der Waals surface area contributed by atoms with Crippen LogP contribution in [0.25, 0.3) is 0 Å². The van der Waals surface area contributed by atoms with E-state index in [2.05, 4.69) is 5.32 Å². The van der Waals surface area contributed by atoms with E-state index in [9.17, 15) is 4.79 Å². The maximum Gasteiger partial charge on any atom is 0.243 e. The van der Waals surface area contributed by atoms with Crippen LogP contribution in [0.4, 0.5) is 0 Å². The molecule has 78 valence electrons. The molecule has 0 aromatic rings. The highest BCUT2D eigenvalue weighted by Gasteiger charge is 2.40. The molecule has 3 heteroatoms. The Morgan fingerprint density at radius 3 is 2.86 bits per heavy atom. The van der Waals surface area contributed by atoms with Crippen LogP contribution in [0.15, 0.2) is 12.2 Å². The third-order valence-corrected chi connectivity index (χ3v) is 2.87. The fourth-order valence-corrected chi connectivity index (χ4v) is 2.04. The molecule has 1 N–H and O–H groups in total. The van der Waals surface area contributed by atoms with Crippen LogP contribution in [0, 0.1) is 5.92 Å². The van der Waals surface area contributed by atoms with Crippen LogP contribution < -0.4 is 5.32 Å². The van der Waals surface area contributed by atoms with Gasteiger partial charge in [0.1, 0.15) is 0 Å². The SMILES string of the molecule is C/C=C/C(=O)NC1CCOC1C1CC1. The fraction of sp³-hybridized carbons (Fsp3) is 0.727. The number of carbonyl (C=O) groups excluding carboxylic acids is 1. The Hall–Kier alpha value is -0.830. The van der Waals surface area contributed by atoms with Gasteiger partial charge in [-0.1, -0.05) is 6.08 Å². The van der Waals surface area contributed by atoms with Crippen LogP contribution >= 0.6 is 0 Å². The molecule has 2 rings (SSSR count). The normalized spacial score (nSPS) is 32.4. The first kappa shape index (κ1) is 9.71. The minimum atomic E-state index is 0.00801. The van der Waals surface area contributed by atoms with Crippen molar-refractivity contribution in [1.82, 2.24) is 5.32 Å². The predicted octanol–water partition coefficient (Wildman–Crippen LogP) is 1.25. The molecule has 0 aromatic heterocycles. The van der Waals surface area contributed by atoms with Crippen molar-refractivity contribution >= 4 is 5.91 Å². The number of hydrogen-bond acceptors (Lipinski definition) is 2. The lowest BCUT2D eigenvalue weighted by molar-refractivity contribution is -0.117. The zero-order valence-electron chi connectivity index (χ0n) is 8.53. The molecule has 2 fully saturated rings. The number of hydrogen-bond donors (Lipinski definition) is 1. The minimum absolute atomic E-state index is 0.00801. The monoisotopic (exact) mass is 195 g/mol. The molecule has 3 nitrogen and oxygen atoms in total. The minimum Gasteiger partial charge on any atom is -0.376 e. The Labute approximate surface area is 84.5 Å². The highest BCUT2D eigenvalue weighted by Crippen LogP contribution is 2.38. The van der Waals surface area contributed by atoms with Crippen molar-refractivity contribution in [1.29, 1.82) is 0 Å². The topological polar surface area (TPSA) is 38.3 Å². The van der Waals surface area contributed by atoms with Gasteiger partial charge in [-0.3, -0.25) is 4.79 Å². The fourth-order valence-electron chi connectivity index (χ4n) is 2.04. The first-order valence-electron chi connectivity index (χ1n) is 5.36. The second-order valence-electron chi connectivity index (χ2n) is 4.08. The average Bonchev–Trinajstić information content (AvgIpc) is 2.89. The Morgan fingerprint density at radius 2 is 2.21 bits per heavy atom. The zero-order valence-corrected chi connectivity index (χ0v) is 8.53. The summed E-state index contributed by atoms with van der Waals surface area (Å²) in [5.74, 6) is 0.710. The van der Waals surface area contributed by atoms with Gasteiger partial charge in [-0.2, -0.15) is 0 Å². The van der Waals surface area contributed by atoms with Crippen molar-refractivity contribution in [3.05, 3.63) is 12.2 Å². The molecule has 2 unspecified atom stereocenters. The lowest BCUT2D eigenvalue weighted by Gasteiger charge is -2.18. The molecule has 0 spiro atoms. The van der Waals surface area contributed by atoms with Crippen LogP contribution in [-0.4, -0.2) is 24.7 Å². The van der Waals surface area contributed by atoms with Crippen LogP contribution in [0.1, 0.15) is 26.2 Å². The highest BCUT2D eigenvalue weighted by atomic mass is 16.5. The predicted molar refractivity (Wildman–Crippen MR) is 53.8 cm³/mol. The molecule has 1 heterocycles. The molecule has 14 heavy (non-hydrogen) atoms. The van der Waals surface area contributed by atoms with Crippen LogP contribution in [0.2, 0.25) is 0 Å². The molecule has 1 aliphatic heterocycles. The third-order valence-electron chi connectivity index (χ3n) is 2.87. The summed E-state index contributed by atoms with van der Waals surface area (Å²) in [7, 11) is 0. The van der Waals surface area contributed by atoms with E-state index in [0.717, 1.165) is 13.0 Å². The van der Waals surface area contributed by atoms with E-state index in [1.807, 2.05) is 6.92 Å². The molecular weight excluding hydrogens is 178 g/mol. The van der Waals surface area contributed by atoms with Gasteiger partial charge in [0.25, 0.3) is 0 Å². The smallest absolute Gasteiger partial charge is 0.243 e.